The third-order valence-corrected chi connectivity index (χ3v) is 3.26. The number of nitrogens with one attached hydrogen (secondary N) is 1. The molecule has 0 fully saturated rings. The fraction of sp³-hybridized carbons (Fsp3) is 0.385. The van der Waals surface area contributed by atoms with E-state index in [9.17, 15) is 31.1 Å². The number of carbonyl (C=O) groups is 1. The van der Waals surface area contributed by atoms with Crippen LogP contribution < -0.4 is 5.32 Å². The molecule has 2 rings (SSSR count). The Labute approximate surface area is 126 Å². The lowest BCUT2D eigenvalue weighted by Gasteiger charge is -2.40. The summed E-state index contributed by atoms with van der Waals surface area (Å²) in [4.78, 5) is 15.3. The van der Waals surface area contributed by atoms with E-state index in [2.05, 4.69) is 4.99 Å². The predicted octanol–water partition coefficient (Wildman–Crippen LogP) is 3.45. The van der Waals surface area contributed by atoms with Crippen molar-refractivity contribution in [2.75, 3.05) is 0 Å². The largest absolute Gasteiger partial charge is 0.441 e. The molecule has 0 atom stereocenters. The van der Waals surface area contributed by atoms with Crippen LogP contribution in [0.5, 0.6) is 0 Å². The molecule has 0 aromatic heterocycles. The number of urea groups is 1. The van der Waals surface area contributed by atoms with E-state index in [0.29, 0.717) is 10.5 Å². The molecule has 1 aromatic carbocycles. The van der Waals surface area contributed by atoms with Crippen molar-refractivity contribution < 1.29 is 31.1 Å². The first kappa shape index (κ1) is 17.1. The quantitative estimate of drug-likeness (QED) is 0.824. The van der Waals surface area contributed by atoms with Gasteiger partial charge in [0.2, 0.25) is 0 Å². The molecule has 1 aliphatic rings. The van der Waals surface area contributed by atoms with Crippen molar-refractivity contribution in [2.24, 2.45) is 4.99 Å². The molecule has 0 spiro atoms. The molecule has 126 valence electrons. The SMILES string of the molecule is CC1=NC(C(F)(F)F)(C(F)(F)F)NC(=O)N1Cc1ccccc1. The minimum Gasteiger partial charge on any atom is -0.298 e. The van der Waals surface area contributed by atoms with E-state index in [1.54, 1.807) is 30.3 Å². The minimum absolute atomic E-state index is 0.201. The van der Waals surface area contributed by atoms with Crippen LogP contribution in [0.25, 0.3) is 0 Å². The van der Waals surface area contributed by atoms with E-state index in [-0.39, 0.29) is 6.54 Å². The van der Waals surface area contributed by atoms with Gasteiger partial charge < -0.3 is 0 Å². The van der Waals surface area contributed by atoms with E-state index >= 15 is 0 Å². The lowest BCUT2D eigenvalue weighted by atomic mass is 10.1. The second-order valence-corrected chi connectivity index (χ2v) is 4.87. The summed E-state index contributed by atoms with van der Waals surface area (Å²) in [6.45, 7) is 0.724. The maximum absolute atomic E-state index is 12.9. The van der Waals surface area contributed by atoms with Crippen molar-refractivity contribution in [1.82, 2.24) is 10.2 Å². The van der Waals surface area contributed by atoms with Crippen LogP contribution in [0.1, 0.15) is 12.5 Å². The van der Waals surface area contributed by atoms with Gasteiger partial charge in [-0.25, -0.2) is 9.79 Å². The molecule has 0 aliphatic carbocycles. The predicted molar refractivity (Wildman–Crippen MR) is 68.5 cm³/mol. The van der Waals surface area contributed by atoms with Gasteiger partial charge >= 0.3 is 24.0 Å². The Morgan fingerprint density at radius 2 is 1.61 bits per heavy atom. The second kappa shape index (κ2) is 5.43. The third kappa shape index (κ3) is 2.97. The molecule has 0 saturated carbocycles. The topological polar surface area (TPSA) is 44.7 Å². The summed E-state index contributed by atoms with van der Waals surface area (Å²) in [5, 5.41) is 0.960. The van der Waals surface area contributed by atoms with Crippen molar-refractivity contribution in [3.63, 3.8) is 0 Å². The zero-order chi connectivity index (χ0) is 17.5. The van der Waals surface area contributed by atoms with Crippen LogP contribution >= 0.6 is 0 Å². The van der Waals surface area contributed by atoms with Gasteiger partial charge in [-0.1, -0.05) is 30.3 Å². The second-order valence-electron chi connectivity index (χ2n) is 4.87. The van der Waals surface area contributed by atoms with Crippen LogP contribution in [0.15, 0.2) is 35.3 Å². The molecule has 1 aromatic rings. The summed E-state index contributed by atoms with van der Waals surface area (Å²) in [7, 11) is 0. The van der Waals surface area contributed by atoms with E-state index in [1.165, 1.54) is 0 Å². The molecular formula is C13H11F6N3O. The summed E-state index contributed by atoms with van der Waals surface area (Å²) in [6, 6.07) is 6.57. The van der Waals surface area contributed by atoms with Gasteiger partial charge in [0.05, 0.1) is 6.54 Å². The van der Waals surface area contributed by atoms with Gasteiger partial charge in [-0.3, -0.25) is 10.2 Å². The Balaban J connectivity index is 2.42. The Hall–Kier alpha value is -2.26. The van der Waals surface area contributed by atoms with Crippen LogP contribution in [-0.2, 0) is 6.54 Å². The first-order valence-corrected chi connectivity index (χ1v) is 6.31. The van der Waals surface area contributed by atoms with Gasteiger partial charge in [-0.05, 0) is 12.5 Å². The third-order valence-electron chi connectivity index (χ3n) is 3.26. The zero-order valence-electron chi connectivity index (χ0n) is 11.7. The number of aliphatic imine (C=N–C) groups is 1. The van der Waals surface area contributed by atoms with Crippen LogP contribution in [0.3, 0.4) is 0 Å². The molecule has 0 unspecified atom stereocenters. The minimum atomic E-state index is -5.82. The van der Waals surface area contributed by atoms with Gasteiger partial charge in [0, 0.05) is 0 Å². The van der Waals surface area contributed by atoms with Crippen molar-refractivity contribution in [1.29, 1.82) is 0 Å². The van der Waals surface area contributed by atoms with Crippen molar-refractivity contribution in [2.45, 2.75) is 31.5 Å². The van der Waals surface area contributed by atoms with E-state index in [1.807, 2.05) is 0 Å². The highest BCUT2D eigenvalue weighted by molar-refractivity contribution is 5.98. The summed E-state index contributed by atoms with van der Waals surface area (Å²) in [5.74, 6) is -0.674. The monoisotopic (exact) mass is 339 g/mol. The molecule has 1 aliphatic heterocycles. The van der Waals surface area contributed by atoms with Crippen LogP contribution in [0, 0.1) is 0 Å². The van der Waals surface area contributed by atoms with E-state index in [0.717, 1.165) is 12.2 Å². The van der Waals surface area contributed by atoms with Crippen molar-refractivity contribution in [3.05, 3.63) is 35.9 Å². The highest BCUT2D eigenvalue weighted by atomic mass is 19.4. The van der Waals surface area contributed by atoms with E-state index in [4.69, 9.17) is 0 Å². The number of hydrogen-bond acceptors (Lipinski definition) is 2. The number of halogens is 6. The van der Waals surface area contributed by atoms with Crippen molar-refractivity contribution >= 4 is 11.9 Å². The molecule has 0 saturated heterocycles. The Kier molecular flexibility index (Phi) is 4.03. The number of amides is 2. The Morgan fingerprint density at radius 3 is 2.04 bits per heavy atom. The lowest BCUT2D eigenvalue weighted by molar-refractivity contribution is -0.302. The van der Waals surface area contributed by atoms with Crippen LogP contribution in [-0.4, -0.2) is 34.8 Å². The summed E-state index contributed by atoms with van der Waals surface area (Å²) >= 11 is 0. The molecule has 0 radical (unpaired) electrons. The zero-order valence-corrected chi connectivity index (χ0v) is 11.7. The Bertz CT molecular complexity index is 609. The van der Waals surface area contributed by atoms with Crippen molar-refractivity contribution in [3.8, 4) is 0 Å². The summed E-state index contributed by atoms with van der Waals surface area (Å²) in [6.07, 6.45) is -11.6. The fourth-order valence-electron chi connectivity index (χ4n) is 2.08. The summed E-state index contributed by atoms with van der Waals surface area (Å²) in [5.41, 5.74) is -4.10. The number of rotatable bonds is 2. The average Bonchev–Trinajstić information content (AvgIpc) is 2.41. The lowest BCUT2D eigenvalue weighted by Crippen LogP contribution is -2.71. The van der Waals surface area contributed by atoms with E-state index < -0.39 is 29.9 Å². The molecular weight excluding hydrogens is 328 g/mol. The van der Waals surface area contributed by atoms with Crippen LogP contribution in [0.2, 0.25) is 0 Å². The number of amidine groups is 1. The van der Waals surface area contributed by atoms with Gasteiger partial charge in [0.25, 0.3) is 0 Å². The normalized spacial score (nSPS) is 18.5. The first-order chi connectivity index (χ1) is 10.5. The van der Waals surface area contributed by atoms with Gasteiger partial charge in [-0.15, -0.1) is 0 Å². The fourth-order valence-corrected chi connectivity index (χ4v) is 2.08. The highest BCUT2D eigenvalue weighted by Gasteiger charge is 2.74. The number of hydrogen-bond donors (Lipinski definition) is 1. The maximum atomic E-state index is 12.9. The highest BCUT2D eigenvalue weighted by Crippen LogP contribution is 2.45. The molecule has 4 nitrogen and oxygen atoms in total. The smallest absolute Gasteiger partial charge is 0.298 e. The van der Waals surface area contributed by atoms with Gasteiger partial charge in [0.15, 0.2) is 0 Å². The van der Waals surface area contributed by atoms with Gasteiger partial charge in [-0.2, -0.15) is 26.3 Å². The number of alkyl halides is 6. The molecule has 0 bridgehead atoms. The van der Waals surface area contributed by atoms with Gasteiger partial charge in [0.1, 0.15) is 5.84 Å². The Morgan fingerprint density at radius 1 is 1.09 bits per heavy atom. The van der Waals surface area contributed by atoms with Crippen LogP contribution in [0.4, 0.5) is 31.1 Å². The number of benzene rings is 1. The average molecular weight is 339 g/mol. The molecule has 2 amide bonds. The molecule has 1 N–H and O–H groups in total. The maximum Gasteiger partial charge on any atom is 0.441 e. The molecule has 23 heavy (non-hydrogen) atoms. The molecule has 1 heterocycles. The summed E-state index contributed by atoms with van der Waals surface area (Å²) < 4.78 is 77.6. The molecule has 10 heteroatoms. The standard InChI is InChI=1S/C13H11F6N3O/c1-8-20-11(12(14,15)16,13(17,18)19)21-10(23)22(8)7-9-5-3-2-4-6-9/h2-6H,7H2,1H3,(H,21,23). The number of carbonyl (C=O) groups excluding carboxylic acids is 1. The number of nitrogens with zero attached hydrogens (tertiary/aromatic N) is 2. The first-order valence-electron chi connectivity index (χ1n) is 6.31.